The van der Waals surface area contributed by atoms with Crippen molar-refractivity contribution in [2.24, 2.45) is 0 Å². The fourth-order valence-corrected chi connectivity index (χ4v) is 2.03. The maximum Gasteiger partial charge on any atom is 0.222 e. The van der Waals surface area contributed by atoms with Crippen LogP contribution in [-0.4, -0.2) is 22.8 Å². The molecule has 0 unspecified atom stereocenters. The summed E-state index contributed by atoms with van der Waals surface area (Å²) in [6, 6.07) is 10.1. The largest absolute Gasteiger partial charge is 0.384 e. The number of hydrogen-bond acceptors (Lipinski definition) is 3. The van der Waals surface area contributed by atoms with Crippen molar-refractivity contribution >= 4 is 11.7 Å². The summed E-state index contributed by atoms with van der Waals surface area (Å²) in [4.78, 5) is 17.6. The number of benzene rings is 1. The van der Waals surface area contributed by atoms with Gasteiger partial charge in [0.15, 0.2) is 0 Å². The molecule has 4 nitrogen and oxygen atoms in total. The number of carbonyl (C=O) groups is 1. The van der Waals surface area contributed by atoms with Gasteiger partial charge in [-0.2, -0.15) is 0 Å². The first kappa shape index (κ1) is 15.0. The molecular weight excluding hydrogens is 269 g/mol. The second-order valence-electron chi connectivity index (χ2n) is 4.93. The minimum atomic E-state index is -0.268. The normalized spacial score (nSPS) is 10.4. The van der Waals surface area contributed by atoms with E-state index in [1.165, 1.54) is 6.07 Å². The fourth-order valence-electron chi connectivity index (χ4n) is 2.03. The van der Waals surface area contributed by atoms with Crippen LogP contribution in [0, 0.1) is 5.82 Å². The first-order chi connectivity index (χ1) is 10.1. The highest BCUT2D eigenvalue weighted by molar-refractivity contribution is 5.76. The topological polar surface area (TPSA) is 59.2 Å². The van der Waals surface area contributed by atoms with Gasteiger partial charge in [0.2, 0.25) is 5.91 Å². The molecule has 5 heteroatoms. The lowest BCUT2D eigenvalue weighted by Crippen LogP contribution is -2.26. The number of carbonyl (C=O) groups excluding carboxylic acids is 1. The molecule has 0 fully saturated rings. The highest BCUT2D eigenvalue weighted by atomic mass is 19.1. The molecule has 0 atom stereocenters. The Bertz CT molecular complexity index is 613. The van der Waals surface area contributed by atoms with E-state index in [0.717, 1.165) is 5.56 Å². The lowest BCUT2D eigenvalue weighted by Gasteiger charge is -2.17. The molecule has 0 saturated heterocycles. The molecule has 0 aliphatic rings. The summed E-state index contributed by atoms with van der Waals surface area (Å²) in [5.41, 5.74) is 6.99. The van der Waals surface area contributed by atoms with Gasteiger partial charge in [0.05, 0.1) is 0 Å². The van der Waals surface area contributed by atoms with Crippen LogP contribution >= 0.6 is 0 Å². The minimum absolute atomic E-state index is 0.0323. The van der Waals surface area contributed by atoms with Crippen molar-refractivity contribution in [1.29, 1.82) is 0 Å². The van der Waals surface area contributed by atoms with E-state index in [1.54, 1.807) is 42.4 Å². The van der Waals surface area contributed by atoms with Crippen LogP contribution in [0.5, 0.6) is 0 Å². The fraction of sp³-hybridized carbons (Fsp3) is 0.250. The Morgan fingerprint density at radius 1 is 1.29 bits per heavy atom. The van der Waals surface area contributed by atoms with Crippen molar-refractivity contribution in [1.82, 2.24) is 9.88 Å². The van der Waals surface area contributed by atoms with Crippen LogP contribution in [0.3, 0.4) is 0 Å². The van der Waals surface area contributed by atoms with Crippen molar-refractivity contribution in [3.05, 3.63) is 59.5 Å². The number of anilines is 1. The van der Waals surface area contributed by atoms with Gasteiger partial charge in [-0.25, -0.2) is 9.37 Å². The van der Waals surface area contributed by atoms with Gasteiger partial charge in [-0.15, -0.1) is 0 Å². The average molecular weight is 287 g/mol. The standard InChI is InChI=1S/C16H18FN3O/c1-20(11-12-6-8-15(18)19-10-12)16(21)9-7-13-4-2-3-5-14(13)17/h2-6,8,10H,7,9,11H2,1H3,(H2,18,19). The van der Waals surface area contributed by atoms with Crippen LogP contribution < -0.4 is 5.73 Å². The van der Waals surface area contributed by atoms with E-state index in [2.05, 4.69) is 4.98 Å². The molecule has 110 valence electrons. The quantitative estimate of drug-likeness (QED) is 0.918. The van der Waals surface area contributed by atoms with Crippen LogP contribution in [0.15, 0.2) is 42.6 Å². The number of halogens is 1. The van der Waals surface area contributed by atoms with Crippen molar-refractivity contribution in [3.63, 3.8) is 0 Å². The van der Waals surface area contributed by atoms with Crippen molar-refractivity contribution in [3.8, 4) is 0 Å². The summed E-state index contributed by atoms with van der Waals surface area (Å²) < 4.78 is 13.5. The van der Waals surface area contributed by atoms with E-state index in [4.69, 9.17) is 5.73 Å². The second-order valence-corrected chi connectivity index (χ2v) is 4.93. The SMILES string of the molecule is CN(Cc1ccc(N)nc1)C(=O)CCc1ccccc1F. The number of nitrogens with two attached hydrogens (primary N) is 1. The summed E-state index contributed by atoms with van der Waals surface area (Å²) in [5.74, 6) is 0.151. The molecule has 0 aliphatic carbocycles. The number of hydrogen-bond donors (Lipinski definition) is 1. The van der Waals surface area contributed by atoms with Crippen LogP contribution in [0.25, 0.3) is 0 Å². The van der Waals surface area contributed by atoms with Crippen molar-refractivity contribution < 1.29 is 9.18 Å². The first-order valence-corrected chi connectivity index (χ1v) is 6.74. The monoisotopic (exact) mass is 287 g/mol. The average Bonchev–Trinajstić information content (AvgIpc) is 2.48. The molecule has 1 amide bonds. The Morgan fingerprint density at radius 2 is 2.05 bits per heavy atom. The molecule has 0 saturated carbocycles. The van der Waals surface area contributed by atoms with Gasteiger partial charge in [0.25, 0.3) is 0 Å². The molecule has 1 aromatic carbocycles. The number of nitrogens with zero attached hydrogens (tertiary/aromatic N) is 2. The molecule has 0 radical (unpaired) electrons. The van der Waals surface area contributed by atoms with E-state index < -0.39 is 0 Å². The van der Waals surface area contributed by atoms with Crippen LogP contribution in [0.2, 0.25) is 0 Å². The lowest BCUT2D eigenvalue weighted by molar-refractivity contribution is -0.130. The number of aryl methyl sites for hydroxylation is 1. The van der Waals surface area contributed by atoms with E-state index in [9.17, 15) is 9.18 Å². The van der Waals surface area contributed by atoms with Gasteiger partial charge in [-0.05, 0) is 29.7 Å². The maximum absolute atomic E-state index is 13.5. The Balaban J connectivity index is 1.88. The molecular formula is C16H18FN3O. The molecule has 2 aromatic rings. The third kappa shape index (κ3) is 4.27. The summed E-state index contributed by atoms with van der Waals surface area (Å²) in [5, 5.41) is 0. The zero-order chi connectivity index (χ0) is 15.2. The molecule has 0 bridgehead atoms. The second kappa shape index (κ2) is 6.83. The van der Waals surface area contributed by atoms with Gasteiger partial charge in [-0.1, -0.05) is 24.3 Å². The molecule has 0 aliphatic heterocycles. The third-order valence-corrected chi connectivity index (χ3v) is 3.26. The zero-order valence-electron chi connectivity index (χ0n) is 11.9. The predicted octanol–water partition coefficient (Wildman–Crippen LogP) is 2.39. The first-order valence-electron chi connectivity index (χ1n) is 6.74. The van der Waals surface area contributed by atoms with Gasteiger partial charge in [0, 0.05) is 26.2 Å². The smallest absolute Gasteiger partial charge is 0.222 e. The number of rotatable bonds is 5. The molecule has 1 heterocycles. The number of nitrogen functional groups attached to an aromatic ring is 1. The van der Waals surface area contributed by atoms with E-state index in [-0.39, 0.29) is 18.1 Å². The summed E-state index contributed by atoms with van der Waals surface area (Å²) in [6.45, 7) is 0.462. The van der Waals surface area contributed by atoms with Crippen molar-refractivity contribution in [2.45, 2.75) is 19.4 Å². The summed E-state index contributed by atoms with van der Waals surface area (Å²) in [7, 11) is 1.72. The van der Waals surface area contributed by atoms with E-state index in [1.807, 2.05) is 6.07 Å². The van der Waals surface area contributed by atoms with Crippen LogP contribution in [-0.2, 0) is 17.8 Å². The molecule has 1 aromatic heterocycles. The van der Waals surface area contributed by atoms with Gasteiger partial charge >= 0.3 is 0 Å². The zero-order valence-corrected chi connectivity index (χ0v) is 11.9. The Morgan fingerprint density at radius 3 is 2.71 bits per heavy atom. The van der Waals surface area contributed by atoms with Crippen LogP contribution in [0.1, 0.15) is 17.5 Å². The minimum Gasteiger partial charge on any atom is -0.384 e. The van der Waals surface area contributed by atoms with E-state index >= 15 is 0 Å². The molecule has 21 heavy (non-hydrogen) atoms. The number of aromatic nitrogens is 1. The maximum atomic E-state index is 13.5. The Kier molecular flexibility index (Phi) is 4.87. The van der Waals surface area contributed by atoms with Gasteiger partial charge < -0.3 is 10.6 Å². The van der Waals surface area contributed by atoms with Crippen molar-refractivity contribution in [2.75, 3.05) is 12.8 Å². The molecule has 2 N–H and O–H groups in total. The predicted molar refractivity (Wildman–Crippen MR) is 79.8 cm³/mol. The number of pyridine rings is 1. The highest BCUT2D eigenvalue weighted by Crippen LogP contribution is 2.11. The number of amides is 1. The Hall–Kier alpha value is -2.43. The molecule has 2 rings (SSSR count). The van der Waals surface area contributed by atoms with Gasteiger partial charge in [-0.3, -0.25) is 4.79 Å². The lowest BCUT2D eigenvalue weighted by atomic mass is 10.1. The summed E-state index contributed by atoms with van der Waals surface area (Å²) in [6.07, 6.45) is 2.33. The van der Waals surface area contributed by atoms with E-state index in [0.29, 0.717) is 24.3 Å². The summed E-state index contributed by atoms with van der Waals surface area (Å²) >= 11 is 0. The highest BCUT2D eigenvalue weighted by Gasteiger charge is 2.11. The third-order valence-electron chi connectivity index (χ3n) is 3.26. The van der Waals surface area contributed by atoms with Crippen LogP contribution in [0.4, 0.5) is 10.2 Å². The Labute approximate surface area is 123 Å². The van der Waals surface area contributed by atoms with Gasteiger partial charge in [0.1, 0.15) is 11.6 Å². The molecule has 0 spiro atoms.